The molecular weight excluding hydrogens is 136 g/mol. The molecule has 58 valence electrons. The van der Waals surface area contributed by atoms with Crippen LogP contribution >= 0.6 is 0 Å². The Hall–Kier alpha value is -0.810. The smallest absolute Gasteiger partial charge is 0.314 e. The number of aliphatic hydroxyl groups is 2. The van der Waals surface area contributed by atoms with Crippen molar-refractivity contribution in [1.29, 1.82) is 0 Å². The molecule has 1 saturated heterocycles. The highest BCUT2D eigenvalue weighted by molar-refractivity contribution is 5.74. The standard InChI is InChI=1S/C5H10N2O3/c8-4-6-2-1-5(9,10)3-7-4/h9-10H,1-3H2,(H2,6,7,8). The molecule has 1 aliphatic heterocycles. The minimum absolute atomic E-state index is 0.112. The Balaban J connectivity index is 2.48. The van der Waals surface area contributed by atoms with E-state index < -0.39 is 5.79 Å². The van der Waals surface area contributed by atoms with Gasteiger partial charge in [-0.3, -0.25) is 0 Å². The van der Waals surface area contributed by atoms with Gasteiger partial charge in [0.2, 0.25) is 0 Å². The van der Waals surface area contributed by atoms with E-state index in [-0.39, 0.29) is 19.0 Å². The maximum Gasteiger partial charge on any atom is 0.314 e. The van der Waals surface area contributed by atoms with Gasteiger partial charge in [-0.05, 0) is 0 Å². The number of carbonyl (C=O) groups excluding carboxylic acids is 1. The van der Waals surface area contributed by atoms with Crippen molar-refractivity contribution in [3.05, 3.63) is 0 Å². The van der Waals surface area contributed by atoms with Crippen LogP contribution in [0.15, 0.2) is 0 Å². The van der Waals surface area contributed by atoms with Gasteiger partial charge in [0.25, 0.3) is 0 Å². The van der Waals surface area contributed by atoms with Gasteiger partial charge < -0.3 is 20.8 Å². The third-order valence-electron chi connectivity index (χ3n) is 1.34. The zero-order valence-corrected chi connectivity index (χ0v) is 5.42. The lowest BCUT2D eigenvalue weighted by Gasteiger charge is -2.17. The number of carbonyl (C=O) groups is 1. The number of β-amino-alcohol motifs (C(OH)–C–C–N with tert-alkyl or cyclic N) is 2. The second-order valence-corrected chi connectivity index (χ2v) is 2.34. The second-order valence-electron chi connectivity index (χ2n) is 2.34. The molecule has 10 heavy (non-hydrogen) atoms. The van der Waals surface area contributed by atoms with Gasteiger partial charge in [-0.2, -0.15) is 0 Å². The van der Waals surface area contributed by atoms with E-state index in [1.807, 2.05) is 0 Å². The van der Waals surface area contributed by atoms with Gasteiger partial charge in [-0.15, -0.1) is 0 Å². The molecule has 4 N–H and O–H groups in total. The van der Waals surface area contributed by atoms with E-state index in [9.17, 15) is 4.79 Å². The summed E-state index contributed by atoms with van der Waals surface area (Å²) in [6.07, 6.45) is 0.158. The van der Waals surface area contributed by atoms with Crippen LogP contribution in [-0.4, -0.2) is 35.1 Å². The fourth-order valence-corrected chi connectivity index (χ4v) is 0.749. The van der Waals surface area contributed by atoms with E-state index in [2.05, 4.69) is 10.6 Å². The van der Waals surface area contributed by atoms with Crippen molar-refractivity contribution in [3.8, 4) is 0 Å². The van der Waals surface area contributed by atoms with Crippen molar-refractivity contribution in [2.24, 2.45) is 0 Å². The molecule has 2 amide bonds. The molecule has 0 aromatic carbocycles. The summed E-state index contributed by atoms with van der Waals surface area (Å²) in [5.41, 5.74) is 0. The number of hydrogen-bond acceptors (Lipinski definition) is 3. The maximum atomic E-state index is 10.5. The van der Waals surface area contributed by atoms with E-state index in [0.29, 0.717) is 6.54 Å². The van der Waals surface area contributed by atoms with Crippen LogP contribution < -0.4 is 10.6 Å². The lowest BCUT2D eigenvalue weighted by molar-refractivity contribution is -0.156. The zero-order chi connectivity index (χ0) is 7.61. The third kappa shape index (κ3) is 1.85. The van der Waals surface area contributed by atoms with Gasteiger partial charge in [-0.25, -0.2) is 4.79 Å². The molecule has 0 aromatic rings. The third-order valence-corrected chi connectivity index (χ3v) is 1.34. The van der Waals surface area contributed by atoms with Gasteiger partial charge in [0.05, 0.1) is 6.54 Å². The van der Waals surface area contributed by atoms with Crippen molar-refractivity contribution in [3.63, 3.8) is 0 Å². The highest BCUT2D eigenvalue weighted by Gasteiger charge is 2.25. The van der Waals surface area contributed by atoms with Gasteiger partial charge in [0, 0.05) is 13.0 Å². The molecule has 1 aliphatic rings. The molecule has 0 unspecified atom stereocenters. The summed E-state index contributed by atoms with van der Waals surface area (Å²) in [6.45, 7) is 0.178. The Morgan fingerprint density at radius 2 is 2.10 bits per heavy atom. The Morgan fingerprint density at radius 3 is 2.80 bits per heavy atom. The fourth-order valence-electron chi connectivity index (χ4n) is 0.749. The van der Waals surface area contributed by atoms with Gasteiger partial charge in [-0.1, -0.05) is 0 Å². The van der Waals surface area contributed by atoms with E-state index >= 15 is 0 Å². The lowest BCUT2D eigenvalue weighted by atomic mass is 10.2. The summed E-state index contributed by atoms with van der Waals surface area (Å²) >= 11 is 0. The quantitative estimate of drug-likeness (QED) is 0.310. The maximum absolute atomic E-state index is 10.5. The monoisotopic (exact) mass is 146 g/mol. The summed E-state index contributed by atoms with van der Waals surface area (Å²) < 4.78 is 0. The van der Waals surface area contributed by atoms with Crippen molar-refractivity contribution >= 4 is 6.03 Å². The fraction of sp³-hybridized carbons (Fsp3) is 0.800. The van der Waals surface area contributed by atoms with Gasteiger partial charge >= 0.3 is 6.03 Å². The van der Waals surface area contributed by atoms with E-state index in [0.717, 1.165) is 0 Å². The van der Waals surface area contributed by atoms with Crippen molar-refractivity contribution in [2.45, 2.75) is 12.2 Å². The van der Waals surface area contributed by atoms with E-state index in [1.165, 1.54) is 0 Å². The number of hydrogen-bond donors (Lipinski definition) is 4. The van der Waals surface area contributed by atoms with Crippen LogP contribution in [0.1, 0.15) is 6.42 Å². The van der Waals surface area contributed by atoms with Crippen LogP contribution in [0.3, 0.4) is 0 Å². The first-order valence-electron chi connectivity index (χ1n) is 3.07. The van der Waals surface area contributed by atoms with Gasteiger partial charge in [0.1, 0.15) is 0 Å². The molecular formula is C5H10N2O3. The summed E-state index contributed by atoms with van der Waals surface area (Å²) in [6, 6.07) is -0.357. The van der Waals surface area contributed by atoms with Crippen LogP contribution in [0.4, 0.5) is 4.79 Å². The normalized spacial score (nSPS) is 24.4. The van der Waals surface area contributed by atoms with Crippen LogP contribution in [0, 0.1) is 0 Å². The van der Waals surface area contributed by atoms with Crippen LogP contribution in [0.25, 0.3) is 0 Å². The average Bonchev–Trinajstić information content (AvgIpc) is 1.94. The summed E-state index contributed by atoms with van der Waals surface area (Å²) in [5, 5.41) is 22.7. The first-order valence-corrected chi connectivity index (χ1v) is 3.07. The molecule has 0 aromatic heterocycles. The van der Waals surface area contributed by atoms with E-state index in [1.54, 1.807) is 0 Å². The van der Waals surface area contributed by atoms with Crippen molar-refractivity contribution < 1.29 is 15.0 Å². The first kappa shape index (κ1) is 7.30. The summed E-state index contributed by atoms with van der Waals surface area (Å²) in [4.78, 5) is 10.5. The van der Waals surface area contributed by atoms with Crippen LogP contribution in [0.5, 0.6) is 0 Å². The predicted molar refractivity (Wildman–Crippen MR) is 33.2 cm³/mol. The molecule has 1 fully saturated rings. The number of amides is 2. The largest absolute Gasteiger partial charge is 0.364 e. The molecule has 5 heteroatoms. The molecule has 0 aliphatic carbocycles. The number of urea groups is 1. The molecule has 0 saturated carbocycles. The molecule has 0 radical (unpaired) electrons. The minimum Gasteiger partial charge on any atom is -0.364 e. The Labute approximate surface area is 58.0 Å². The Kier molecular flexibility index (Phi) is 1.78. The van der Waals surface area contributed by atoms with Crippen molar-refractivity contribution in [2.75, 3.05) is 13.1 Å². The predicted octanol–water partition coefficient (Wildman–Crippen LogP) is -1.63. The van der Waals surface area contributed by atoms with E-state index in [4.69, 9.17) is 10.2 Å². The summed E-state index contributed by atoms with van der Waals surface area (Å²) in [7, 11) is 0. The van der Waals surface area contributed by atoms with Gasteiger partial charge in [0.15, 0.2) is 5.79 Å². The Bertz CT molecular complexity index is 146. The van der Waals surface area contributed by atoms with Crippen molar-refractivity contribution in [1.82, 2.24) is 10.6 Å². The second kappa shape index (κ2) is 2.43. The highest BCUT2D eigenvalue weighted by atomic mass is 16.5. The molecule has 5 nitrogen and oxygen atoms in total. The zero-order valence-electron chi connectivity index (χ0n) is 5.42. The average molecular weight is 146 g/mol. The molecule has 0 bridgehead atoms. The Morgan fingerprint density at radius 1 is 1.40 bits per heavy atom. The summed E-state index contributed by atoms with van der Waals surface area (Å²) in [5.74, 6) is -1.75. The number of nitrogens with one attached hydrogen (secondary N) is 2. The minimum atomic E-state index is -1.75. The molecule has 0 spiro atoms. The lowest BCUT2D eigenvalue weighted by Crippen LogP contribution is -2.40. The van der Waals surface area contributed by atoms with Crippen LogP contribution in [-0.2, 0) is 0 Å². The highest BCUT2D eigenvalue weighted by Crippen LogP contribution is 2.04. The SMILES string of the molecule is O=C1NCCC(O)(O)CN1. The molecule has 1 heterocycles. The first-order chi connectivity index (χ1) is 4.60. The number of rotatable bonds is 0. The topological polar surface area (TPSA) is 81.6 Å². The molecule has 1 rings (SSSR count). The molecule has 0 atom stereocenters. The van der Waals surface area contributed by atoms with Crippen LogP contribution in [0.2, 0.25) is 0 Å².